The number of hydrogen-bond donors (Lipinski definition) is 3. The molecular formula is C11H15N3O2. The van der Waals surface area contributed by atoms with Crippen LogP contribution in [-0.2, 0) is 4.79 Å². The molecule has 0 radical (unpaired) electrons. The number of nitrogens with one attached hydrogen (secondary N) is 2. The number of rotatable bonds is 3. The number of amides is 2. The summed E-state index contributed by atoms with van der Waals surface area (Å²) in [6.07, 6.45) is 0. The molecular weight excluding hydrogens is 206 g/mol. The number of nitrogens with two attached hydrogens (primary N) is 1. The minimum absolute atomic E-state index is 0.0592. The van der Waals surface area contributed by atoms with E-state index in [1.807, 2.05) is 19.3 Å². The minimum atomic E-state index is -0.360. The summed E-state index contributed by atoms with van der Waals surface area (Å²) in [7, 11) is 0. The highest BCUT2D eigenvalue weighted by atomic mass is 16.2. The summed E-state index contributed by atoms with van der Waals surface area (Å²) >= 11 is 0. The summed E-state index contributed by atoms with van der Waals surface area (Å²) in [5.41, 5.74) is 3.14. The van der Waals surface area contributed by atoms with E-state index in [1.54, 1.807) is 24.3 Å². The Kier molecular flexibility index (Phi) is 4.02. The molecule has 1 aromatic rings. The van der Waals surface area contributed by atoms with Crippen molar-refractivity contribution in [3.8, 4) is 0 Å². The maximum absolute atomic E-state index is 11.4. The van der Waals surface area contributed by atoms with Gasteiger partial charge in [0.05, 0.1) is 0 Å². The Morgan fingerprint density at radius 1 is 1.19 bits per heavy atom. The fraction of sp³-hybridized carbons (Fsp3) is 0.273. The van der Waals surface area contributed by atoms with E-state index < -0.39 is 0 Å². The molecule has 1 aromatic carbocycles. The third-order valence-electron chi connectivity index (χ3n) is 2.07. The molecule has 0 aliphatic rings. The van der Waals surface area contributed by atoms with E-state index in [1.165, 1.54) is 0 Å². The van der Waals surface area contributed by atoms with Crippen molar-refractivity contribution in [2.75, 3.05) is 5.32 Å². The highest BCUT2D eigenvalue weighted by Crippen LogP contribution is 2.10. The first-order valence-electron chi connectivity index (χ1n) is 4.96. The summed E-state index contributed by atoms with van der Waals surface area (Å²) in [6.45, 7) is 3.62. The van der Waals surface area contributed by atoms with Crippen LogP contribution in [0.25, 0.3) is 0 Å². The van der Waals surface area contributed by atoms with Gasteiger partial charge in [-0.15, -0.1) is 0 Å². The smallest absolute Gasteiger partial charge is 0.265 e. The Labute approximate surface area is 94.0 Å². The zero-order chi connectivity index (χ0) is 12.1. The average molecular weight is 221 g/mol. The summed E-state index contributed by atoms with van der Waals surface area (Å²) in [6, 6.07) is 6.51. The van der Waals surface area contributed by atoms with E-state index in [-0.39, 0.29) is 17.7 Å². The van der Waals surface area contributed by atoms with Crippen molar-refractivity contribution < 1.29 is 9.59 Å². The largest absolute Gasteiger partial charge is 0.326 e. The molecule has 0 saturated heterocycles. The van der Waals surface area contributed by atoms with Gasteiger partial charge in [-0.1, -0.05) is 13.8 Å². The summed E-state index contributed by atoms with van der Waals surface area (Å²) in [5.74, 6) is 4.50. The second-order valence-electron chi connectivity index (χ2n) is 3.69. The first-order chi connectivity index (χ1) is 7.54. The second-order valence-corrected chi connectivity index (χ2v) is 3.69. The summed E-state index contributed by atoms with van der Waals surface area (Å²) < 4.78 is 0. The average Bonchev–Trinajstić information content (AvgIpc) is 2.28. The van der Waals surface area contributed by atoms with E-state index in [9.17, 15) is 9.59 Å². The van der Waals surface area contributed by atoms with E-state index in [2.05, 4.69) is 5.32 Å². The fourth-order valence-corrected chi connectivity index (χ4v) is 1.07. The van der Waals surface area contributed by atoms with Crippen LogP contribution < -0.4 is 16.6 Å². The zero-order valence-electron chi connectivity index (χ0n) is 9.28. The van der Waals surface area contributed by atoms with Gasteiger partial charge in [0.15, 0.2) is 0 Å². The van der Waals surface area contributed by atoms with Crippen LogP contribution in [0.1, 0.15) is 24.2 Å². The molecule has 2 amide bonds. The Hall–Kier alpha value is -1.88. The van der Waals surface area contributed by atoms with Crippen molar-refractivity contribution >= 4 is 17.5 Å². The van der Waals surface area contributed by atoms with E-state index in [0.717, 1.165) is 0 Å². The highest BCUT2D eigenvalue weighted by molar-refractivity contribution is 5.95. The first-order valence-corrected chi connectivity index (χ1v) is 4.96. The lowest BCUT2D eigenvalue weighted by Crippen LogP contribution is -2.29. The fourth-order valence-electron chi connectivity index (χ4n) is 1.07. The van der Waals surface area contributed by atoms with Gasteiger partial charge < -0.3 is 5.32 Å². The van der Waals surface area contributed by atoms with Crippen molar-refractivity contribution in [3.63, 3.8) is 0 Å². The standard InChI is InChI=1S/C11H15N3O2/c1-7(2)10(15)13-9-5-3-8(4-6-9)11(16)14-12/h3-7H,12H2,1-2H3,(H,13,15)(H,14,16). The van der Waals surface area contributed by atoms with Crippen LogP contribution in [0.15, 0.2) is 24.3 Å². The molecule has 0 heterocycles. The van der Waals surface area contributed by atoms with Crippen LogP contribution in [0.3, 0.4) is 0 Å². The summed E-state index contributed by atoms with van der Waals surface area (Å²) in [5, 5.41) is 2.72. The van der Waals surface area contributed by atoms with Gasteiger partial charge in [-0.2, -0.15) is 0 Å². The summed E-state index contributed by atoms with van der Waals surface area (Å²) in [4.78, 5) is 22.5. The van der Waals surface area contributed by atoms with E-state index >= 15 is 0 Å². The number of hydrazine groups is 1. The Balaban J connectivity index is 2.72. The molecule has 1 rings (SSSR count). The van der Waals surface area contributed by atoms with Crippen molar-refractivity contribution in [2.45, 2.75) is 13.8 Å². The molecule has 0 fully saturated rings. The quantitative estimate of drug-likeness (QED) is 0.402. The van der Waals surface area contributed by atoms with Gasteiger partial charge >= 0.3 is 0 Å². The number of hydrogen-bond acceptors (Lipinski definition) is 3. The number of nitrogen functional groups attached to an aromatic ring is 1. The van der Waals surface area contributed by atoms with Gasteiger partial charge in [0.25, 0.3) is 5.91 Å². The van der Waals surface area contributed by atoms with Gasteiger partial charge in [-0.3, -0.25) is 15.0 Å². The lowest BCUT2D eigenvalue weighted by molar-refractivity contribution is -0.118. The van der Waals surface area contributed by atoms with E-state index in [0.29, 0.717) is 11.3 Å². The van der Waals surface area contributed by atoms with Crippen LogP contribution in [0, 0.1) is 5.92 Å². The van der Waals surface area contributed by atoms with Crippen LogP contribution in [0.2, 0.25) is 0 Å². The van der Waals surface area contributed by atoms with Crippen LogP contribution in [0.4, 0.5) is 5.69 Å². The number of benzene rings is 1. The monoisotopic (exact) mass is 221 g/mol. The molecule has 0 spiro atoms. The maximum atomic E-state index is 11.4. The third kappa shape index (κ3) is 3.06. The normalized spacial score (nSPS) is 10.0. The molecule has 0 unspecified atom stereocenters. The Bertz CT molecular complexity index is 385. The number of anilines is 1. The van der Waals surface area contributed by atoms with Gasteiger partial charge in [0.1, 0.15) is 0 Å². The highest BCUT2D eigenvalue weighted by Gasteiger charge is 2.07. The second kappa shape index (κ2) is 5.27. The van der Waals surface area contributed by atoms with Crippen LogP contribution >= 0.6 is 0 Å². The van der Waals surface area contributed by atoms with E-state index in [4.69, 9.17) is 5.84 Å². The van der Waals surface area contributed by atoms with Gasteiger partial charge in [-0.05, 0) is 24.3 Å². The Morgan fingerprint density at radius 3 is 2.19 bits per heavy atom. The lowest BCUT2D eigenvalue weighted by Gasteiger charge is -2.07. The predicted molar refractivity (Wildman–Crippen MR) is 61.6 cm³/mol. The van der Waals surface area contributed by atoms with Crippen LogP contribution in [-0.4, -0.2) is 11.8 Å². The van der Waals surface area contributed by atoms with Gasteiger partial charge in [-0.25, -0.2) is 5.84 Å². The molecule has 0 aromatic heterocycles. The molecule has 0 atom stereocenters. The SMILES string of the molecule is CC(C)C(=O)Nc1ccc(C(=O)NN)cc1. The topological polar surface area (TPSA) is 84.2 Å². The zero-order valence-corrected chi connectivity index (χ0v) is 9.28. The molecule has 4 N–H and O–H groups in total. The predicted octanol–water partition coefficient (Wildman–Crippen LogP) is 0.885. The molecule has 0 saturated carbocycles. The van der Waals surface area contributed by atoms with Crippen molar-refractivity contribution in [2.24, 2.45) is 11.8 Å². The molecule has 5 heteroatoms. The first kappa shape index (κ1) is 12.2. The van der Waals surface area contributed by atoms with Crippen molar-refractivity contribution in [1.29, 1.82) is 0 Å². The maximum Gasteiger partial charge on any atom is 0.265 e. The lowest BCUT2D eigenvalue weighted by atomic mass is 10.1. The molecule has 86 valence electrons. The minimum Gasteiger partial charge on any atom is -0.326 e. The Morgan fingerprint density at radius 2 is 1.75 bits per heavy atom. The van der Waals surface area contributed by atoms with Crippen LogP contribution in [0.5, 0.6) is 0 Å². The molecule has 16 heavy (non-hydrogen) atoms. The van der Waals surface area contributed by atoms with Crippen molar-refractivity contribution in [1.82, 2.24) is 5.43 Å². The van der Waals surface area contributed by atoms with Gasteiger partial charge in [0.2, 0.25) is 5.91 Å². The third-order valence-corrected chi connectivity index (χ3v) is 2.07. The van der Waals surface area contributed by atoms with Gasteiger partial charge in [0, 0.05) is 17.2 Å². The molecule has 0 bridgehead atoms. The number of carbonyl (C=O) groups is 2. The molecule has 0 aliphatic carbocycles. The van der Waals surface area contributed by atoms with Crippen molar-refractivity contribution in [3.05, 3.63) is 29.8 Å². The number of carbonyl (C=O) groups excluding carboxylic acids is 2. The molecule has 0 aliphatic heterocycles. The molecule has 5 nitrogen and oxygen atoms in total.